The van der Waals surface area contributed by atoms with Crippen LogP contribution >= 0.6 is 0 Å². The van der Waals surface area contributed by atoms with Crippen molar-refractivity contribution in [3.05, 3.63) is 45.6 Å². The van der Waals surface area contributed by atoms with E-state index in [1.54, 1.807) is 32.0 Å². The number of benzene rings is 1. The average molecular weight is 262 g/mol. The molecule has 0 unspecified atom stereocenters. The monoisotopic (exact) mass is 262 g/mol. The third-order valence-electron chi connectivity index (χ3n) is 2.30. The molecule has 0 spiro atoms. The number of aryl methyl sites for hydroxylation is 2. The van der Waals surface area contributed by atoms with Crippen molar-refractivity contribution < 1.29 is 14.7 Å². The molecule has 0 amide bonds. The summed E-state index contributed by atoms with van der Waals surface area (Å²) in [4.78, 5) is 14.9. The highest BCUT2D eigenvalue weighted by Gasteiger charge is 2.10. The van der Waals surface area contributed by atoms with E-state index in [1.165, 1.54) is 6.20 Å². The molecule has 19 heavy (non-hydrogen) atoms. The number of hydrogen-bond donors (Lipinski definition) is 0. The molecule has 0 N–H and O–H groups in total. The van der Waals surface area contributed by atoms with Gasteiger partial charge >= 0.3 is 0 Å². The van der Waals surface area contributed by atoms with Crippen LogP contribution in [0.5, 0.6) is 17.4 Å². The van der Waals surface area contributed by atoms with E-state index >= 15 is 0 Å². The molecule has 0 saturated heterocycles. The predicted octanol–water partition coefficient (Wildman–Crippen LogP) is 1.85. The summed E-state index contributed by atoms with van der Waals surface area (Å²) in [5, 5.41) is 20.2. The van der Waals surface area contributed by atoms with Crippen molar-refractivity contribution in [2.24, 2.45) is 0 Å². The van der Waals surface area contributed by atoms with Gasteiger partial charge in [0.25, 0.3) is 5.09 Å². The van der Waals surface area contributed by atoms with Gasteiger partial charge in [-0.1, -0.05) is 5.10 Å². The SMILES string of the molecule is Cc1cc(Oc2ccnnn2)cc(C)c1O[N+](=O)[O-]. The van der Waals surface area contributed by atoms with Crippen molar-refractivity contribution in [1.82, 2.24) is 15.4 Å². The Morgan fingerprint density at radius 1 is 1.26 bits per heavy atom. The predicted molar refractivity (Wildman–Crippen MR) is 63.4 cm³/mol. The summed E-state index contributed by atoms with van der Waals surface area (Å²) in [6.07, 6.45) is 1.45. The summed E-state index contributed by atoms with van der Waals surface area (Å²) in [7, 11) is 0. The first-order valence-corrected chi connectivity index (χ1v) is 5.32. The lowest BCUT2D eigenvalue weighted by Gasteiger charge is -2.10. The van der Waals surface area contributed by atoms with E-state index in [0.717, 1.165) is 0 Å². The van der Waals surface area contributed by atoms with Gasteiger partial charge in [0.1, 0.15) is 11.5 Å². The lowest BCUT2D eigenvalue weighted by atomic mass is 10.1. The van der Waals surface area contributed by atoms with Crippen molar-refractivity contribution in [2.45, 2.75) is 13.8 Å². The van der Waals surface area contributed by atoms with Gasteiger partial charge < -0.3 is 4.74 Å². The second-order valence-corrected chi connectivity index (χ2v) is 3.76. The van der Waals surface area contributed by atoms with E-state index < -0.39 is 5.09 Å². The Bertz CT molecular complexity index is 580. The normalized spacial score (nSPS) is 10.0. The zero-order valence-electron chi connectivity index (χ0n) is 10.2. The van der Waals surface area contributed by atoms with E-state index in [-0.39, 0.29) is 11.6 Å². The Morgan fingerprint density at radius 2 is 1.95 bits per heavy atom. The maximum atomic E-state index is 10.4. The fraction of sp³-hybridized carbons (Fsp3) is 0.182. The van der Waals surface area contributed by atoms with Crippen LogP contribution in [-0.4, -0.2) is 20.5 Å². The van der Waals surface area contributed by atoms with Crippen molar-refractivity contribution in [3.8, 4) is 17.4 Å². The molecule has 0 saturated carbocycles. The molecular weight excluding hydrogens is 252 g/mol. The van der Waals surface area contributed by atoms with Crippen LogP contribution in [0.4, 0.5) is 0 Å². The highest BCUT2D eigenvalue weighted by Crippen LogP contribution is 2.30. The summed E-state index contributed by atoms with van der Waals surface area (Å²) in [6, 6.07) is 4.79. The Hall–Kier alpha value is -2.77. The minimum absolute atomic E-state index is 0.207. The van der Waals surface area contributed by atoms with E-state index in [0.29, 0.717) is 16.9 Å². The summed E-state index contributed by atoms with van der Waals surface area (Å²) in [5.41, 5.74) is 1.18. The number of rotatable bonds is 4. The van der Waals surface area contributed by atoms with Gasteiger partial charge in [0, 0.05) is 6.07 Å². The van der Waals surface area contributed by atoms with Crippen LogP contribution in [-0.2, 0) is 0 Å². The van der Waals surface area contributed by atoms with Gasteiger partial charge in [-0.2, -0.15) is 0 Å². The molecule has 0 aliphatic carbocycles. The fourth-order valence-corrected chi connectivity index (χ4v) is 1.59. The summed E-state index contributed by atoms with van der Waals surface area (Å²) in [6.45, 7) is 3.38. The Balaban J connectivity index is 2.27. The molecule has 98 valence electrons. The van der Waals surface area contributed by atoms with Gasteiger partial charge in [0.05, 0.1) is 6.20 Å². The van der Waals surface area contributed by atoms with Crippen LogP contribution < -0.4 is 9.57 Å². The van der Waals surface area contributed by atoms with Gasteiger partial charge in [-0.15, -0.1) is 15.2 Å². The molecule has 2 rings (SSSR count). The summed E-state index contributed by atoms with van der Waals surface area (Å²) in [5.74, 6) is 0.987. The summed E-state index contributed by atoms with van der Waals surface area (Å²) < 4.78 is 5.46. The second kappa shape index (κ2) is 5.25. The molecule has 1 aromatic carbocycles. The maximum Gasteiger partial charge on any atom is 0.299 e. The molecule has 0 bridgehead atoms. The Kier molecular flexibility index (Phi) is 3.51. The average Bonchev–Trinajstić information content (AvgIpc) is 2.35. The van der Waals surface area contributed by atoms with Crippen LogP contribution in [0, 0.1) is 24.0 Å². The van der Waals surface area contributed by atoms with Gasteiger partial charge in [0.2, 0.25) is 5.88 Å². The first-order chi connectivity index (χ1) is 9.06. The zero-order valence-corrected chi connectivity index (χ0v) is 10.2. The highest BCUT2D eigenvalue weighted by atomic mass is 17.0. The number of nitrogens with zero attached hydrogens (tertiary/aromatic N) is 4. The molecule has 0 fully saturated rings. The number of hydrogen-bond acceptors (Lipinski definition) is 7. The van der Waals surface area contributed by atoms with Crippen LogP contribution in [0.2, 0.25) is 0 Å². The minimum Gasteiger partial charge on any atom is -0.437 e. The fourth-order valence-electron chi connectivity index (χ4n) is 1.59. The van der Waals surface area contributed by atoms with Crippen molar-refractivity contribution in [1.29, 1.82) is 0 Å². The van der Waals surface area contributed by atoms with Gasteiger partial charge in [0.15, 0.2) is 0 Å². The van der Waals surface area contributed by atoms with Crippen LogP contribution in [0.3, 0.4) is 0 Å². The molecular formula is C11H10N4O4. The standard InChI is InChI=1S/C11H10N4O4/c1-7-5-9(18-10-3-4-12-14-13-10)6-8(2)11(7)19-15(16)17/h3-6H,1-2H3. The molecule has 0 radical (unpaired) electrons. The second-order valence-electron chi connectivity index (χ2n) is 3.76. The highest BCUT2D eigenvalue weighted by molar-refractivity contribution is 5.46. The van der Waals surface area contributed by atoms with E-state index in [9.17, 15) is 10.1 Å². The molecule has 0 aliphatic heterocycles. The molecule has 0 aliphatic rings. The van der Waals surface area contributed by atoms with Gasteiger partial charge in [-0.05, 0) is 42.3 Å². The Morgan fingerprint density at radius 3 is 2.47 bits per heavy atom. The van der Waals surface area contributed by atoms with Crippen LogP contribution in [0.25, 0.3) is 0 Å². The van der Waals surface area contributed by atoms with Crippen LogP contribution in [0.1, 0.15) is 11.1 Å². The van der Waals surface area contributed by atoms with E-state index in [1.807, 2.05) is 0 Å². The van der Waals surface area contributed by atoms with Gasteiger partial charge in [-0.25, -0.2) is 0 Å². The third kappa shape index (κ3) is 3.12. The van der Waals surface area contributed by atoms with E-state index in [4.69, 9.17) is 4.74 Å². The maximum absolute atomic E-state index is 10.4. The largest absolute Gasteiger partial charge is 0.437 e. The minimum atomic E-state index is -0.843. The third-order valence-corrected chi connectivity index (χ3v) is 2.30. The van der Waals surface area contributed by atoms with Crippen molar-refractivity contribution in [2.75, 3.05) is 0 Å². The quantitative estimate of drug-likeness (QED) is 0.612. The lowest BCUT2D eigenvalue weighted by molar-refractivity contribution is -0.711. The molecule has 0 atom stereocenters. The van der Waals surface area contributed by atoms with Crippen molar-refractivity contribution >= 4 is 0 Å². The zero-order chi connectivity index (χ0) is 13.8. The molecule has 2 aromatic rings. The topological polar surface area (TPSA) is 100 Å². The molecule has 8 nitrogen and oxygen atoms in total. The first kappa shape index (κ1) is 12.7. The Labute approximate surface area is 108 Å². The van der Waals surface area contributed by atoms with E-state index in [2.05, 4.69) is 20.2 Å². The number of aromatic nitrogens is 3. The first-order valence-electron chi connectivity index (χ1n) is 5.32. The summed E-state index contributed by atoms with van der Waals surface area (Å²) >= 11 is 0. The lowest BCUT2D eigenvalue weighted by Crippen LogP contribution is -2.06. The smallest absolute Gasteiger partial charge is 0.299 e. The molecule has 1 aromatic heterocycles. The number of ether oxygens (including phenoxy) is 1. The molecule has 1 heterocycles. The van der Waals surface area contributed by atoms with Crippen LogP contribution in [0.15, 0.2) is 24.4 Å². The van der Waals surface area contributed by atoms with Crippen molar-refractivity contribution in [3.63, 3.8) is 0 Å². The van der Waals surface area contributed by atoms with Gasteiger partial charge in [-0.3, -0.25) is 4.84 Å². The molecule has 8 heteroatoms.